The first-order valence-electron chi connectivity index (χ1n) is 6.24. The molecule has 1 aromatic rings. The molecule has 1 aliphatic heterocycles. The van der Waals surface area contributed by atoms with Crippen LogP contribution >= 0.6 is 11.6 Å². The monoisotopic (exact) mass is 298 g/mol. The number of nitrogens with one attached hydrogen (secondary N) is 1. The Morgan fingerprint density at radius 3 is 2.80 bits per heavy atom. The van der Waals surface area contributed by atoms with Gasteiger partial charge in [-0.1, -0.05) is 11.6 Å². The third-order valence-electron chi connectivity index (χ3n) is 2.96. The summed E-state index contributed by atoms with van der Waals surface area (Å²) in [7, 11) is 0. The van der Waals surface area contributed by atoms with Gasteiger partial charge in [-0.3, -0.25) is 0 Å². The van der Waals surface area contributed by atoms with E-state index in [9.17, 15) is 9.59 Å². The van der Waals surface area contributed by atoms with Crippen LogP contribution in [0.25, 0.3) is 0 Å². The van der Waals surface area contributed by atoms with Crippen molar-refractivity contribution in [2.75, 3.05) is 31.6 Å². The van der Waals surface area contributed by atoms with Gasteiger partial charge < -0.3 is 20.1 Å². The fraction of sp³-hybridized carbons (Fsp3) is 0.385. The lowest BCUT2D eigenvalue weighted by Gasteiger charge is -2.20. The zero-order valence-electron chi connectivity index (χ0n) is 10.8. The lowest BCUT2D eigenvalue weighted by Crippen LogP contribution is -2.36. The predicted molar refractivity (Wildman–Crippen MR) is 74.4 cm³/mol. The lowest BCUT2D eigenvalue weighted by atomic mass is 10.2. The molecule has 20 heavy (non-hydrogen) atoms. The number of hydrogen-bond acceptors (Lipinski definition) is 3. The van der Waals surface area contributed by atoms with Crippen LogP contribution in [0.15, 0.2) is 18.2 Å². The van der Waals surface area contributed by atoms with Crippen LogP contribution < -0.4 is 5.32 Å². The molecule has 7 heteroatoms. The molecule has 0 radical (unpaired) electrons. The van der Waals surface area contributed by atoms with Gasteiger partial charge in [0, 0.05) is 25.4 Å². The summed E-state index contributed by atoms with van der Waals surface area (Å²) in [6, 6.07) is 4.07. The minimum atomic E-state index is -1.10. The highest BCUT2D eigenvalue weighted by Crippen LogP contribution is 2.21. The number of carbonyl (C=O) groups excluding carboxylic acids is 1. The van der Waals surface area contributed by atoms with Gasteiger partial charge in [0.25, 0.3) is 0 Å². The van der Waals surface area contributed by atoms with Gasteiger partial charge in [0.2, 0.25) is 0 Å². The number of carbonyl (C=O) groups is 2. The Balaban J connectivity index is 2.03. The van der Waals surface area contributed by atoms with Gasteiger partial charge in [0.15, 0.2) is 0 Å². The van der Waals surface area contributed by atoms with E-state index >= 15 is 0 Å². The average molecular weight is 299 g/mol. The molecular weight excluding hydrogens is 284 g/mol. The molecule has 0 aromatic heterocycles. The van der Waals surface area contributed by atoms with Gasteiger partial charge in [-0.05, 0) is 24.6 Å². The summed E-state index contributed by atoms with van der Waals surface area (Å²) in [5, 5.41) is 11.7. The first-order chi connectivity index (χ1) is 9.58. The minimum absolute atomic E-state index is 0.00726. The molecule has 1 fully saturated rings. The van der Waals surface area contributed by atoms with Crippen molar-refractivity contribution in [2.45, 2.75) is 6.42 Å². The molecule has 6 nitrogen and oxygen atoms in total. The maximum atomic E-state index is 12.1. The largest absolute Gasteiger partial charge is 0.478 e. The molecule has 0 unspecified atom stereocenters. The number of hydrogen-bond donors (Lipinski definition) is 2. The van der Waals surface area contributed by atoms with Crippen molar-refractivity contribution in [1.29, 1.82) is 0 Å². The van der Waals surface area contributed by atoms with E-state index in [1.165, 1.54) is 18.2 Å². The molecule has 1 heterocycles. The highest BCUT2D eigenvalue weighted by molar-refractivity contribution is 6.33. The topological polar surface area (TPSA) is 78.9 Å². The molecule has 108 valence electrons. The highest BCUT2D eigenvalue weighted by atomic mass is 35.5. The number of carboxylic acids is 1. The molecule has 0 aliphatic carbocycles. The van der Waals surface area contributed by atoms with E-state index in [0.29, 0.717) is 32.0 Å². The fourth-order valence-corrected chi connectivity index (χ4v) is 2.18. The molecule has 2 amide bonds. The van der Waals surface area contributed by atoms with E-state index in [2.05, 4.69) is 5.32 Å². The van der Waals surface area contributed by atoms with Crippen molar-refractivity contribution in [3.63, 3.8) is 0 Å². The van der Waals surface area contributed by atoms with Crippen molar-refractivity contribution in [3.8, 4) is 0 Å². The van der Waals surface area contributed by atoms with Crippen LogP contribution in [0.5, 0.6) is 0 Å². The number of urea groups is 1. The van der Waals surface area contributed by atoms with E-state index in [1.54, 1.807) is 4.90 Å². The van der Waals surface area contributed by atoms with Crippen LogP contribution in [0.2, 0.25) is 5.02 Å². The molecular formula is C13H15ClN2O4. The van der Waals surface area contributed by atoms with Crippen molar-refractivity contribution in [2.24, 2.45) is 0 Å². The van der Waals surface area contributed by atoms with Crippen LogP contribution in [0.4, 0.5) is 10.5 Å². The SMILES string of the molecule is O=C(O)c1ccc(NC(=O)N2CCCOCC2)cc1Cl. The summed E-state index contributed by atoms with van der Waals surface area (Å²) >= 11 is 5.85. The van der Waals surface area contributed by atoms with Gasteiger partial charge in [-0.25, -0.2) is 9.59 Å². The summed E-state index contributed by atoms with van der Waals surface area (Å²) in [5.41, 5.74) is 0.475. The van der Waals surface area contributed by atoms with Gasteiger partial charge in [0.1, 0.15) is 0 Å². The van der Waals surface area contributed by atoms with Crippen LogP contribution in [0.1, 0.15) is 16.8 Å². The maximum absolute atomic E-state index is 12.1. The van der Waals surface area contributed by atoms with Crippen LogP contribution in [-0.2, 0) is 4.74 Å². The Labute approximate surface area is 121 Å². The van der Waals surface area contributed by atoms with E-state index < -0.39 is 5.97 Å². The number of nitrogens with zero attached hydrogens (tertiary/aromatic N) is 1. The Morgan fingerprint density at radius 1 is 1.30 bits per heavy atom. The van der Waals surface area contributed by atoms with E-state index in [0.717, 1.165) is 6.42 Å². The second kappa shape index (κ2) is 6.58. The number of ether oxygens (including phenoxy) is 1. The molecule has 0 spiro atoms. The second-order valence-electron chi connectivity index (χ2n) is 4.38. The number of halogens is 1. The first kappa shape index (κ1) is 14.6. The van der Waals surface area contributed by atoms with Crippen molar-refractivity contribution in [1.82, 2.24) is 4.90 Å². The zero-order valence-corrected chi connectivity index (χ0v) is 11.5. The fourth-order valence-electron chi connectivity index (χ4n) is 1.92. The summed E-state index contributed by atoms with van der Waals surface area (Å²) in [6.45, 7) is 2.34. The Bertz CT molecular complexity index is 513. The van der Waals surface area contributed by atoms with Crippen molar-refractivity contribution in [3.05, 3.63) is 28.8 Å². The van der Waals surface area contributed by atoms with Gasteiger partial charge in [0.05, 0.1) is 17.2 Å². The molecule has 0 saturated carbocycles. The van der Waals surface area contributed by atoms with Gasteiger partial charge in [-0.2, -0.15) is 0 Å². The molecule has 2 N–H and O–H groups in total. The molecule has 1 aliphatic rings. The Hall–Kier alpha value is -1.79. The predicted octanol–water partition coefficient (Wildman–Crippen LogP) is 2.29. The number of anilines is 1. The second-order valence-corrected chi connectivity index (χ2v) is 4.79. The third kappa shape index (κ3) is 3.61. The summed E-state index contributed by atoms with van der Waals surface area (Å²) < 4.78 is 5.28. The average Bonchev–Trinajstić information content (AvgIpc) is 2.67. The van der Waals surface area contributed by atoms with Gasteiger partial charge >= 0.3 is 12.0 Å². The summed E-state index contributed by atoms with van der Waals surface area (Å²) in [5.74, 6) is -1.10. The normalized spacial score (nSPS) is 15.6. The first-order valence-corrected chi connectivity index (χ1v) is 6.62. The summed E-state index contributed by atoms with van der Waals surface area (Å²) in [4.78, 5) is 24.6. The van der Waals surface area contributed by atoms with E-state index in [-0.39, 0.29) is 16.6 Å². The van der Waals surface area contributed by atoms with Crippen LogP contribution in [0, 0.1) is 0 Å². The standard InChI is InChI=1S/C13H15ClN2O4/c14-11-8-9(2-3-10(11)12(17)18)15-13(19)16-4-1-6-20-7-5-16/h2-3,8H,1,4-7H2,(H,15,19)(H,17,18). The molecule has 0 atom stereocenters. The van der Waals surface area contributed by atoms with Crippen molar-refractivity contribution < 1.29 is 19.4 Å². The van der Waals surface area contributed by atoms with Crippen LogP contribution in [0.3, 0.4) is 0 Å². The molecule has 2 rings (SSSR count). The quantitative estimate of drug-likeness (QED) is 0.878. The molecule has 0 bridgehead atoms. The summed E-state index contributed by atoms with van der Waals surface area (Å²) in [6.07, 6.45) is 0.798. The minimum Gasteiger partial charge on any atom is -0.478 e. The number of benzene rings is 1. The number of amides is 2. The van der Waals surface area contributed by atoms with E-state index in [1.807, 2.05) is 0 Å². The number of carboxylic acid groups (broad SMARTS) is 1. The van der Waals surface area contributed by atoms with Crippen LogP contribution in [-0.4, -0.2) is 48.3 Å². The number of rotatable bonds is 2. The Morgan fingerprint density at radius 2 is 2.10 bits per heavy atom. The smallest absolute Gasteiger partial charge is 0.337 e. The Kier molecular flexibility index (Phi) is 4.81. The molecule has 1 saturated heterocycles. The number of aromatic carboxylic acids is 1. The van der Waals surface area contributed by atoms with Crippen molar-refractivity contribution >= 4 is 29.3 Å². The molecule has 1 aromatic carbocycles. The highest BCUT2D eigenvalue weighted by Gasteiger charge is 2.16. The zero-order chi connectivity index (χ0) is 14.5. The lowest BCUT2D eigenvalue weighted by molar-refractivity contribution is 0.0697. The third-order valence-corrected chi connectivity index (χ3v) is 3.27. The maximum Gasteiger partial charge on any atom is 0.337 e. The van der Waals surface area contributed by atoms with E-state index in [4.69, 9.17) is 21.4 Å². The van der Waals surface area contributed by atoms with Gasteiger partial charge in [-0.15, -0.1) is 0 Å².